The van der Waals surface area contributed by atoms with Gasteiger partial charge < -0.3 is 5.73 Å². The molecule has 0 spiro atoms. The fourth-order valence-electron chi connectivity index (χ4n) is 2.93. The van der Waals surface area contributed by atoms with Crippen LogP contribution in [0, 0.1) is 18.8 Å². The number of benzene rings is 1. The van der Waals surface area contributed by atoms with Crippen molar-refractivity contribution in [1.29, 1.82) is 0 Å². The monoisotopic (exact) mass is 245 g/mol. The SMILES string of the molecule is CCC1CCCC(C(=O)c2ccc(C)c(N)c2)C1. The fourth-order valence-corrected chi connectivity index (χ4v) is 2.93. The Balaban J connectivity index is 2.12. The van der Waals surface area contributed by atoms with Crippen molar-refractivity contribution in [2.75, 3.05) is 5.73 Å². The number of ketones is 1. The molecule has 1 fully saturated rings. The minimum absolute atomic E-state index is 0.214. The number of carbonyl (C=O) groups is 1. The summed E-state index contributed by atoms with van der Waals surface area (Å²) in [5, 5.41) is 0. The molecular formula is C16H23NO. The Hall–Kier alpha value is -1.31. The van der Waals surface area contributed by atoms with Crippen molar-refractivity contribution < 1.29 is 4.79 Å². The smallest absolute Gasteiger partial charge is 0.166 e. The first-order chi connectivity index (χ1) is 8.61. The molecule has 98 valence electrons. The second kappa shape index (κ2) is 5.55. The minimum Gasteiger partial charge on any atom is -0.398 e. The van der Waals surface area contributed by atoms with Crippen molar-refractivity contribution in [1.82, 2.24) is 0 Å². The van der Waals surface area contributed by atoms with Crippen molar-refractivity contribution >= 4 is 11.5 Å². The summed E-state index contributed by atoms with van der Waals surface area (Å²) in [7, 11) is 0. The van der Waals surface area contributed by atoms with Crippen LogP contribution in [0.5, 0.6) is 0 Å². The zero-order valence-corrected chi connectivity index (χ0v) is 11.4. The summed E-state index contributed by atoms with van der Waals surface area (Å²) in [5.41, 5.74) is 8.45. The van der Waals surface area contributed by atoms with E-state index < -0.39 is 0 Å². The molecule has 2 heteroatoms. The number of nitrogen functional groups attached to an aromatic ring is 1. The molecule has 2 N–H and O–H groups in total. The lowest BCUT2D eigenvalue weighted by molar-refractivity contribution is 0.0862. The third-order valence-corrected chi connectivity index (χ3v) is 4.29. The molecule has 2 unspecified atom stereocenters. The van der Waals surface area contributed by atoms with Crippen molar-refractivity contribution in [2.24, 2.45) is 11.8 Å². The summed E-state index contributed by atoms with van der Waals surface area (Å²) in [4.78, 5) is 12.5. The first-order valence-electron chi connectivity index (χ1n) is 7.02. The van der Waals surface area contributed by atoms with E-state index in [1.165, 1.54) is 19.3 Å². The van der Waals surface area contributed by atoms with Crippen molar-refractivity contribution in [3.8, 4) is 0 Å². The molecule has 1 aliphatic rings. The van der Waals surface area contributed by atoms with Gasteiger partial charge in [0.1, 0.15) is 0 Å². The molecule has 0 aromatic heterocycles. The van der Waals surface area contributed by atoms with Crippen molar-refractivity contribution in [3.63, 3.8) is 0 Å². The number of hydrogen-bond acceptors (Lipinski definition) is 2. The molecule has 1 aromatic rings. The number of anilines is 1. The summed E-state index contributed by atoms with van der Waals surface area (Å²) in [6.07, 6.45) is 5.78. The van der Waals surface area contributed by atoms with Crippen LogP contribution in [0.3, 0.4) is 0 Å². The number of carbonyl (C=O) groups excluding carboxylic acids is 1. The van der Waals surface area contributed by atoms with E-state index in [-0.39, 0.29) is 5.92 Å². The Morgan fingerprint density at radius 3 is 2.83 bits per heavy atom. The van der Waals surface area contributed by atoms with E-state index in [1.54, 1.807) is 0 Å². The van der Waals surface area contributed by atoms with Crippen LogP contribution in [0.4, 0.5) is 5.69 Å². The van der Waals surface area contributed by atoms with Gasteiger partial charge in [0, 0.05) is 17.2 Å². The second-order valence-corrected chi connectivity index (χ2v) is 5.57. The van der Waals surface area contributed by atoms with E-state index in [1.807, 2.05) is 25.1 Å². The molecular weight excluding hydrogens is 222 g/mol. The predicted octanol–water partition coefficient (Wildman–Crippen LogP) is 3.98. The third-order valence-electron chi connectivity index (χ3n) is 4.29. The molecule has 2 rings (SSSR count). The van der Waals surface area contributed by atoms with Crippen LogP contribution in [-0.2, 0) is 0 Å². The molecule has 2 nitrogen and oxygen atoms in total. The van der Waals surface area contributed by atoms with Gasteiger partial charge in [-0.05, 0) is 37.3 Å². The number of Topliss-reactive ketones (excluding diaryl/α,β-unsaturated/α-hetero) is 1. The maximum absolute atomic E-state index is 12.5. The summed E-state index contributed by atoms with van der Waals surface area (Å²) >= 11 is 0. The van der Waals surface area contributed by atoms with Crippen LogP contribution >= 0.6 is 0 Å². The van der Waals surface area contributed by atoms with Gasteiger partial charge in [-0.15, -0.1) is 0 Å². The topological polar surface area (TPSA) is 43.1 Å². The number of aryl methyl sites for hydroxylation is 1. The van der Waals surface area contributed by atoms with E-state index in [4.69, 9.17) is 5.73 Å². The lowest BCUT2D eigenvalue weighted by Gasteiger charge is -2.27. The van der Waals surface area contributed by atoms with Crippen LogP contribution < -0.4 is 5.73 Å². The molecule has 1 aromatic carbocycles. The first kappa shape index (κ1) is 13.1. The zero-order valence-electron chi connectivity index (χ0n) is 11.4. The van der Waals surface area contributed by atoms with Gasteiger partial charge in [0.15, 0.2) is 5.78 Å². The van der Waals surface area contributed by atoms with E-state index in [0.29, 0.717) is 5.78 Å². The lowest BCUT2D eigenvalue weighted by atomic mass is 9.77. The molecule has 0 saturated heterocycles. The Morgan fingerprint density at radius 2 is 2.17 bits per heavy atom. The number of hydrogen-bond donors (Lipinski definition) is 1. The Labute approximate surface area is 110 Å². The molecule has 0 radical (unpaired) electrons. The van der Waals surface area contributed by atoms with Gasteiger partial charge in [0.05, 0.1) is 0 Å². The van der Waals surface area contributed by atoms with Gasteiger partial charge in [-0.3, -0.25) is 4.79 Å². The highest BCUT2D eigenvalue weighted by Gasteiger charge is 2.27. The highest BCUT2D eigenvalue weighted by Crippen LogP contribution is 2.33. The van der Waals surface area contributed by atoms with Crippen LogP contribution in [0.1, 0.15) is 54.9 Å². The normalized spacial score (nSPS) is 23.9. The summed E-state index contributed by atoms with van der Waals surface area (Å²) in [6.45, 7) is 4.19. The fraction of sp³-hybridized carbons (Fsp3) is 0.562. The summed E-state index contributed by atoms with van der Waals surface area (Å²) in [5.74, 6) is 1.24. The maximum Gasteiger partial charge on any atom is 0.166 e. The molecule has 0 bridgehead atoms. The highest BCUT2D eigenvalue weighted by molar-refractivity contribution is 5.98. The van der Waals surface area contributed by atoms with E-state index in [9.17, 15) is 4.79 Å². The number of nitrogens with two attached hydrogens (primary N) is 1. The lowest BCUT2D eigenvalue weighted by Crippen LogP contribution is -2.23. The van der Waals surface area contributed by atoms with Gasteiger partial charge in [-0.1, -0.05) is 38.3 Å². The van der Waals surface area contributed by atoms with Crippen LogP contribution in [0.15, 0.2) is 18.2 Å². The van der Waals surface area contributed by atoms with Crippen LogP contribution in [0.25, 0.3) is 0 Å². The zero-order chi connectivity index (χ0) is 13.1. The molecule has 1 saturated carbocycles. The third kappa shape index (κ3) is 2.74. The second-order valence-electron chi connectivity index (χ2n) is 5.57. The Morgan fingerprint density at radius 1 is 1.39 bits per heavy atom. The maximum atomic E-state index is 12.5. The predicted molar refractivity (Wildman–Crippen MR) is 75.7 cm³/mol. The molecule has 18 heavy (non-hydrogen) atoms. The van der Waals surface area contributed by atoms with E-state index in [2.05, 4.69) is 6.92 Å². The summed E-state index contributed by atoms with van der Waals surface area (Å²) in [6, 6.07) is 5.71. The van der Waals surface area contributed by atoms with E-state index in [0.717, 1.165) is 35.6 Å². The van der Waals surface area contributed by atoms with E-state index >= 15 is 0 Å². The van der Waals surface area contributed by atoms with Crippen LogP contribution in [-0.4, -0.2) is 5.78 Å². The highest BCUT2D eigenvalue weighted by atomic mass is 16.1. The minimum atomic E-state index is 0.214. The molecule has 0 amide bonds. The summed E-state index contributed by atoms with van der Waals surface area (Å²) < 4.78 is 0. The van der Waals surface area contributed by atoms with Crippen LogP contribution in [0.2, 0.25) is 0 Å². The Kier molecular flexibility index (Phi) is 4.05. The standard InChI is InChI=1S/C16H23NO/c1-3-12-5-4-6-13(9-12)16(18)14-8-7-11(2)15(17)10-14/h7-8,10,12-13H,3-6,9,17H2,1-2H3. The average Bonchev–Trinajstić information content (AvgIpc) is 2.41. The van der Waals surface area contributed by atoms with Gasteiger partial charge in [-0.25, -0.2) is 0 Å². The molecule has 2 atom stereocenters. The molecule has 1 aliphatic carbocycles. The van der Waals surface area contributed by atoms with Gasteiger partial charge >= 0.3 is 0 Å². The molecule has 0 aliphatic heterocycles. The quantitative estimate of drug-likeness (QED) is 0.646. The Bertz CT molecular complexity index is 439. The largest absolute Gasteiger partial charge is 0.398 e. The van der Waals surface area contributed by atoms with Gasteiger partial charge in [0.2, 0.25) is 0 Å². The first-order valence-corrected chi connectivity index (χ1v) is 7.02. The van der Waals surface area contributed by atoms with Gasteiger partial charge in [0.25, 0.3) is 0 Å². The van der Waals surface area contributed by atoms with Crippen molar-refractivity contribution in [2.45, 2.75) is 46.0 Å². The molecule has 0 heterocycles. The van der Waals surface area contributed by atoms with Crippen molar-refractivity contribution in [3.05, 3.63) is 29.3 Å². The average molecular weight is 245 g/mol. The number of rotatable bonds is 3. The van der Waals surface area contributed by atoms with Gasteiger partial charge in [-0.2, -0.15) is 0 Å².